The van der Waals surface area contributed by atoms with E-state index in [1.807, 2.05) is 12.1 Å². The van der Waals surface area contributed by atoms with Crippen molar-refractivity contribution in [2.45, 2.75) is 40.0 Å². The number of rotatable bonds is 1. The molecule has 2 aromatic rings. The van der Waals surface area contributed by atoms with Crippen LogP contribution in [-0.2, 0) is 5.41 Å². The fourth-order valence-electron chi connectivity index (χ4n) is 2.57. The largest absolute Gasteiger partial charge is 0.508 e. The van der Waals surface area contributed by atoms with Crippen LogP contribution in [0, 0.1) is 13.8 Å². The van der Waals surface area contributed by atoms with Crippen LogP contribution in [0.5, 0.6) is 5.75 Å². The van der Waals surface area contributed by atoms with E-state index in [2.05, 4.69) is 46.8 Å². The number of phenolic OH excluding ortho intramolecular Hbond substituents is 1. The zero-order valence-corrected chi connectivity index (χ0v) is 12.4. The predicted molar refractivity (Wildman–Crippen MR) is 81.7 cm³/mol. The van der Waals surface area contributed by atoms with Gasteiger partial charge in [-0.15, -0.1) is 0 Å². The molecule has 1 heteroatoms. The van der Waals surface area contributed by atoms with E-state index in [1.54, 1.807) is 12.1 Å². The zero-order valence-electron chi connectivity index (χ0n) is 12.4. The molecule has 0 amide bonds. The topological polar surface area (TPSA) is 20.2 Å². The third kappa shape index (κ3) is 2.81. The monoisotopic (exact) mass is 254 g/mol. The summed E-state index contributed by atoms with van der Waals surface area (Å²) >= 11 is 0. The molecule has 0 aromatic heterocycles. The molecular weight excluding hydrogens is 232 g/mol. The number of phenols is 1. The number of aromatic hydroxyl groups is 1. The van der Waals surface area contributed by atoms with Crippen LogP contribution in [0.4, 0.5) is 0 Å². The van der Waals surface area contributed by atoms with Gasteiger partial charge in [-0.05, 0) is 53.6 Å². The van der Waals surface area contributed by atoms with Gasteiger partial charge in [0.15, 0.2) is 0 Å². The lowest BCUT2D eigenvalue weighted by Gasteiger charge is -2.25. The van der Waals surface area contributed by atoms with Gasteiger partial charge >= 0.3 is 0 Å². The second-order valence-electron chi connectivity index (χ2n) is 6.30. The van der Waals surface area contributed by atoms with Crippen LogP contribution in [0.25, 0.3) is 11.1 Å². The van der Waals surface area contributed by atoms with Crippen molar-refractivity contribution in [3.05, 3.63) is 53.1 Å². The fourth-order valence-corrected chi connectivity index (χ4v) is 2.57. The third-order valence-corrected chi connectivity index (χ3v) is 3.44. The van der Waals surface area contributed by atoms with Crippen LogP contribution in [0.15, 0.2) is 36.4 Å². The van der Waals surface area contributed by atoms with Gasteiger partial charge in [-0.1, -0.05) is 50.6 Å². The van der Waals surface area contributed by atoms with Gasteiger partial charge in [0.25, 0.3) is 0 Å². The Labute approximate surface area is 115 Å². The fraction of sp³-hybridized carbons (Fsp3) is 0.333. The predicted octanol–water partition coefficient (Wildman–Crippen LogP) is 4.97. The molecule has 0 heterocycles. The van der Waals surface area contributed by atoms with E-state index < -0.39 is 0 Å². The van der Waals surface area contributed by atoms with Crippen molar-refractivity contribution in [2.75, 3.05) is 0 Å². The van der Waals surface area contributed by atoms with E-state index in [9.17, 15) is 5.11 Å². The highest BCUT2D eigenvalue weighted by Crippen LogP contribution is 2.36. The Kier molecular flexibility index (Phi) is 3.40. The van der Waals surface area contributed by atoms with Crippen molar-refractivity contribution in [1.29, 1.82) is 0 Å². The third-order valence-electron chi connectivity index (χ3n) is 3.44. The number of hydrogen-bond acceptors (Lipinski definition) is 1. The minimum Gasteiger partial charge on any atom is -0.508 e. The molecule has 0 aliphatic carbocycles. The van der Waals surface area contributed by atoms with Gasteiger partial charge in [-0.3, -0.25) is 0 Å². The molecular formula is C18H22O. The Balaban J connectivity index is 2.71. The Bertz CT molecular complexity index is 586. The minimum absolute atomic E-state index is 0.101. The van der Waals surface area contributed by atoms with E-state index >= 15 is 0 Å². The highest BCUT2D eigenvalue weighted by molar-refractivity contribution is 5.73. The summed E-state index contributed by atoms with van der Waals surface area (Å²) in [4.78, 5) is 0. The van der Waals surface area contributed by atoms with Crippen LogP contribution >= 0.6 is 0 Å². The van der Waals surface area contributed by atoms with E-state index in [-0.39, 0.29) is 5.41 Å². The minimum atomic E-state index is 0.101. The number of aryl methyl sites for hydroxylation is 2. The Hall–Kier alpha value is -1.76. The molecule has 2 aromatic carbocycles. The molecule has 19 heavy (non-hydrogen) atoms. The highest BCUT2D eigenvalue weighted by atomic mass is 16.3. The first kappa shape index (κ1) is 13.7. The average Bonchev–Trinajstić information content (AvgIpc) is 2.28. The number of benzene rings is 2. The van der Waals surface area contributed by atoms with Gasteiger partial charge in [-0.25, -0.2) is 0 Å². The molecule has 0 saturated carbocycles. The quantitative estimate of drug-likeness (QED) is 0.761. The maximum Gasteiger partial charge on any atom is 0.115 e. The molecule has 0 atom stereocenters. The lowest BCUT2D eigenvalue weighted by molar-refractivity contribution is 0.475. The summed E-state index contributed by atoms with van der Waals surface area (Å²) < 4.78 is 0. The van der Waals surface area contributed by atoms with E-state index in [0.29, 0.717) is 5.75 Å². The van der Waals surface area contributed by atoms with Gasteiger partial charge in [0, 0.05) is 0 Å². The Morgan fingerprint density at radius 3 is 2.00 bits per heavy atom. The van der Waals surface area contributed by atoms with Crippen LogP contribution in [0.3, 0.4) is 0 Å². The molecule has 0 fully saturated rings. The van der Waals surface area contributed by atoms with Gasteiger partial charge < -0.3 is 5.11 Å². The second kappa shape index (κ2) is 4.73. The summed E-state index contributed by atoms with van der Waals surface area (Å²) in [5.41, 5.74) is 6.50. The highest BCUT2D eigenvalue weighted by Gasteiger charge is 2.20. The molecule has 0 aliphatic heterocycles. The molecule has 100 valence electrons. The maximum absolute atomic E-state index is 9.45. The first-order chi connectivity index (χ1) is 8.79. The van der Waals surface area contributed by atoms with E-state index in [4.69, 9.17) is 0 Å². The lowest BCUT2D eigenvalue weighted by atomic mass is 9.79. The van der Waals surface area contributed by atoms with Crippen molar-refractivity contribution >= 4 is 0 Å². The molecule has 0 saturated heterocycles. The first-order valence-electron chi connectivity index (χ1n) is 6.70. The molecule has 0 unspecified atom stereocenters. The summed E-state index contributed by atoms with van der Waals surface area (Å²) in [6.45, 7) is 11.0. The second-order valence-corrected chi connectivity index (χ2v) is 6.30. The summed E-state index contributed by atoms with van der Waals surface area (Å²) in [5.74, 6) is 0.311. The Morgan fingerprint density at radius 1 is 0.895 bits per heavy atom. The summed E-state index contributed by atoms with van der Waals surface area (Å²) in [5, 5.41) is 9.45. The molecule has 0 bridgehead atoms. The van der Waals surface area contributed by atoms with Crippen molar-refractivity contribution < 1.29 is 5.11 Å². The van der Waals surface area contributed by atoms with E-state index in [0.717, 1.165) is 0 Å². The van der Waals surface area contributed by atoms with Crippen LogP contribution in [-0.4, -0.2) is 5.11 Å². The smallest absolute Gasteiger partial charge is 0.115 e. The lowest BCUT2D eigenvalue weighted by Crippen LogP contribution is -2.14. The van der Waals surface area contributed by atoms with Gasteiger partial charge in [0.05, 0.1) is 0 Å². The van der Waals surface area contributed by atoms with Crippen LogP contribution in [0.1, 0.15) is 37.5 Å². The van der Waals surface area contributed by atoms with Crippen molar-refractivity contribution in [3.63, 3.8) is 0 Å². The first-order valence-corrected chi connectivity index (χ1v) is 6.70. The standard InChI is InChI=1S/C18H22O/c1-12-10-13(2)17(16(11-12)18(3,4)5)14-6-8-15(19)9-7-14/h6-11,19H,1-5H3. The molecule has 1 N–H and O–H groups in total. The van der Waals surface area contributed by atoms with Gasteiger partial charge in [-0.2, -0.15) is 0 Å². The maximum atomic E-state index is 9.45. The molecule has 2 rings (SSSR count). The molecule has 0 spiro atoms. The Morgan fingerprint density at radius 2 is 1.47 bits per heavy atom. The normalized spacial score (nSPS) is 11.6. The molecule has 0 aliphatic rings. The van der Waals surface area contributed by atoms with Crippen molar-refractivity contribution in [3.8, 4) is 16.9 Å². The van der Waals surface area contributed by atoms with Crippen molar-refractivity contribution in [1.82, 2.24) is 0 Å². The molecule has 1 nitrogen and oxygen atoms in total. The van der Waals surface area contributed by atoms with Gasteiger partial charge in [0.1, 0.15) is 5.75 Å². The van der Waals surface area contributed by atoms with Crippen LogP contribution < -0.4 is 0 Å². The molecule has 0 radical (unpaired) electrons. The van der Waals surface area contributed by atoms with Crippen LogP contribution in [0.2, 0.25) is 0 Å². The summed E-state index contributed by atoms with van der Waals surface area (Å²) in [7, 11) is 0. The zero-order chi connectivity index (χ0) is 14.2. The summed E-state index contributed by atoms with van der Waals surface area (Å²) in [6, 6.07) is 12.0. The SMILES string of the molecule is Cc1cc(C)c(-c2ccc(O)cc2)c(C(C)(C)C)c1. The van der Waals surface area contributed by atoms with Crippen molar-refractivity contribution in [2.24, 2.45) is 0 Å². The average molecular weight is 254 g/mol. The van der Waals surface area contributed by atoms with E-state index in [1.165, 1.54) is 27.8 Å². The number of hydrogen-bond donors (Lipinski definition) is 1. The van der Waals surface area contributed by atoms with Gasteiger partial charge in [0.2, 0.25) is 0 Å². The summed E-state index contributed by atoms with van der Waals surface area (Å²) in [6.07, 6.45) is 0.